The van der Waals surface area contributed by atoms with Gasteiger partial charge < -0.3 is 0 Å². The maximum Gasteiger partial charge on any atom is 0.160 e. The molecule has 0 N–H and O–H groups in total. The van der Waals surface area contributed by atoms with Crippen LogP contribution in [0.3, 0.4) is 0 Å². The van der Waals surface area contributed by atoms with Gasteiger partial charge in [0.15, 0.2) is 11.6 Å². The molecule has 0 saturated carbocycles. The van der Waals surface area contributed by atoms with E-state index in [0.717, 1.165) is 146 Å². The fourth-order valence-corrected chi connectivity index (χ4v) is 17.0. The summed E-state index contributed by atoms with van der Waals surface area (Å²) in [5, 5.41) is 4.64. The van der Waals surface area contributed by atoms with Gasteiger partial charge >= 0.3 is 0 Å². The molecular weight excluding hydrogens is 1340 g/mol. The number of thiophene rings is 2. The maximum atomic E-state index is 5.54. The van der Waals surface area contributed by atoms with Crippen molar-refractivity contribution < 1.29 is 0 Å². The van der Waals surface area contributed by atoms with Crippen LogP contribution >= 0.6 is 22.7 Å². The first-order valence-corrected chi connectivity index (χ1v) is 37.6. The molecule has 0 bridgehead atoms. The minimum atomic E-state index is 0.646. The number of benzene rings is 13. The van der Waals surface area contributed by atoms with E-state index in [1.54, 1.807) is 0 Å². The molecule has 18 aromatic rings. The molecule has 1 aliphatic rings. The van der Waals surface area contributed by atoms with Crippen molar-refractivity contribution in [2.75, 3.05) is 0 Å². The molecule has 0 unspecified atom stereocenters. The molecule has 0 saturated heterocycles. The molecule has 502 valence electrons. The van der Waals surface area contributed by atoms with Crippen LogP contribution in [0, 0.1) is 0 Å². The van der Waals surface area contributed by atoms with E-state index in [4.69, 9.17) is 29.9 Å². The van der Waals surface area contributed by atoms with E-state index in [1.165, 1.54) is 46.4 Å². The SMILES string of the molecule is C=C1/C=C\C(c2ccc(-c3nc(-c4ccc(-c5ccccc5)cc4)cc(-c4ccc(-c5cccc(-c6ccc(-c7nc8ccc(-c9cc(-c%10ccc(-c%11ccccc%11)cc%10)nc(-c%10ccccc%10)n9)cc8c8sc9ccccc9c78)cc6)c5)cc4)n3)cc2)=C/Cc2sc3ccccc3c2/C(c2ccccc2)=N\1. The molecule has 0 spiro atoms. The monoisotopic (exact) mass is 1400 g/mol. The van der Waals surface area contributed by atoms with Crippen LogP contribution in [0.15, 0.2) is 381 Å². The highest BCUT2D eigenvalue weighted by Gasteiger charge is 2.23. The summed E-state index contributed by atoms with van der Waals surface area (Å²) in [5.74, 6) is 1.32. The van der Waals surface area contributed by atoms with E-state index >= 15 is 0 Å². The summed E-state index contributed by atoms with van der Waals surface area (Å²) < 4.78 is 3.65. The third kappa shape index (κ3) is 12.8. The molecule has 8 heteroatoms. The van der Waals surface area contributed by atoms with E-state index in [0.29, 0.717) is 17.3 Å². The number of allylic oxidation sites excluding steroid dienone is 4. The summed E-state index contributed by atoms with van der Waals surface area (Å²) >= 11 is 3.65. The molecule has 1 aliphatic heterocycles. The van der Waals surface area contributed by atoms with Gasteiger partial charge in [-0.2, -0.15) is 0 Å². The van der Waals surface area contributed by atoms with Gasteiger partial charge in [0.25, 0.3) is 0 Å². The van der Waals surface area contributed by atoms with E-state index < -0.39 is 0 Å². The van der Waals surface area contributed by atoms with Gasteiger partial charge in [0.1, 0.15) is 0 Å². The Labute approximate surface area is 628 Å². The highest BCUT2D eigenvalue weighted by atomic mass is 32.1. The fourth-order valence-electron chi connectivity index (χ4n) is 14.6. The lowest BCUT2D eigenvalue weighted by Crippen LogP contribution is -2.06. The maximum absolute atomic E-state index is 5.54. The Morgan fingerprint density at radius 3 is 1.23 bits per heavy atom. The standard InChI is InChI=1S/C99H64N6S2/c1-63-33-34-66(56-58-92-93(82-29-14-16-31-90(82)106-92)95(100-63)75-23-10-4-11-24-75)69-43-53-78(54-44-69)99-103-86(72-45-35-67(36-46-72)64-19-6-2-7-20-64)61-87(104-99)74-49-39-70(40-50-74)79-27-18-28-80(59-79)71-41-51-76(52-42-71)96-94-83-30-15-17-32-91(83)107-97(94)84-60-81(55-57-85(84)101-96)89-62-88(102-98(105-89)77-25-12-5-13-26-77)73-47-37-68(38-48-73)65-21-8-3-9-22-65/h2-57,59-62H,1,58H2/b34-33-,66-56+,100-95-. The van der Waals surface area contributed by atoms with Crippen LogP contribution in [-0.4, -0.2) is 30.6 Å². The highest BCUT2D eigenvalue weighted by molar-refractivity contribution is 7.26. The molecule has 13 aromatic carbocycles. The van der Waals surface area contributed by atoms with Crippen LogP contribution < -0.4 is 0 Å². The second kappa shape index (κ2) is 27.9. The third-order valence-corrected chi connectivity index (χ3v) is 22.6. The largest absolute Gasteiger partial charge is 0.248 e. The first-order valence-electron chi connectivity index (χ1n) is 35.9. The summed E-state index contributed by atoms with van der Waals surface area (Å²) in [4.78, 5) is 33.1. The zero-order chi connectivity index (χ0) is 71.2. The topological polar surface area (TPSA) is 76.8 Å². The molecule has 0 radical (unpaired) electrons. The molecule has 0 atom stereocenters. The Morgan fingerprint density at radius 2 is 0.682 bits per heavy atom. The van der Waals surface area contributed by atoms with Crippen LogP contribution in [0.4, 0.5) is 0 Å². The van der Waals surface area contributed by atoms with Gasteiger partial charge in [-0.15, -0.1) is 22.7 Å². The lowest BCUT2D eigenvalue weighted by atomic mass is 9.96. The van der Waals surface area contributed by atoms with Crippen LogP contribution in [-0.2, 0) is 6.42 Å². The molecule has 0 amide bonds. The number of nitrogens with zero attached hydrogens (tertiary/aromatic N) is 6. The molecule has 107 heavy (non-hydrogen) atoms. The molecular formula is C99H64N6S2. The van der Waals surface area contributed by atoms with Gasteiger partial charge in [0.05, 0.1) is 45.4 Å². The molecule has 6 heterocycles. The van der Waals surface area contributed by atoms with Gasteiger partial charge in [0, 0.05) is 97.0 Å². The molecule has 6 nitrogen and oxygen atoms in total. The summed E-state index contributed by atoms with van der Waals surface area (Å²) in [6.45, 7) is 4.44. The fraction of sp³-hybridized carbons (Fsp3) is 0.0101. The second-order valence-corrected chi connectivity index (χ2v) is 29.1. The number of fused-ring (bicyclic) bond motifs is 8. The van der Waals surface area contributed by atoms with Crippen molar-refractivity contribution in [3.05, 3.63) is 398 Å². The average Bonchev–Trinajstić information content (AvgIpc) is 1.62. The quantitative estimate of drug-likeness (QED) is 0.115. The summed E-state index contributed by atoms with van der Waals surface area (Å²) in [6.07, 6.45) is 7.25. The van der Waals surface area contributed by atoms with Crippen molar-refractivity contribution in [2.45, 2.75) is 6.42 Å². The Kier molecular flexibility index (Phi) is 16.8. The molecule has 0 fully saturated rings. The normalized spacial score (nSPS) is 13.6. The predicted molar refractivity (Wildman–Crippen MR) is 449 cm³/mol. The molecule has 0 aliphatic carbocycles. The van der Waals surface area contributed by atoms with Gasteiger partial charge in [0.2, 0.25) is 0 Å². The van der Waals surface area contributed by atoms with Gasteiger partial charge in [-0.1, -0.05) is 322 Å². The summed E-state index contributed by atoms with van der Waals surface area (Å²) in [5.41, 5.74) is 27.4. The zero-order valence-corrected chi connectivity index (χ0v) is 59.7. The van der Waals surface area contributed by atoms with Crippen LogP contribution in [0.5, 0.6) is 0 Å². The van der Waals surface area contributed by atoms with Gasteiger partial charge in [-0.3, -0.25) is 0 Å². The molecule has 19 rings (SSSR count). The number of hydrogen-bond donors (Lipinski definition) is 0. The van der Waals surface area contributed by atoms with E-state index in [1.807, 2.05) is 59.1 Å². The number of aliphatic imine (C=N–C) groups is 1. The Hall–Kier alpha value is -13.5. The smallest absolute Gasteiger partial charge is 0.160 e. The number of pyridine rings is 1. The van der Waals surface area contributed by atoms with E-state index in [-0.39, 0.29) is 0 Å². The van der Waals surface area contributed by atoms with E-state index in [2.05, 4.69) is 334 Å². The van der Waals surface area contributed by atoms with Gasteiger partial charge in [-0.05, 0) is 104 Å². The van der Waals surface area contributed by atoms with Crippen LogP contribution in [0.1, 0.15) is 21.6 Å². The van der Waals surface area contributed by atoms with Gasteiger partial charge in [-0.25, -0.2) is 29.9 Å². The van der Waals surface area contributed by atoms with Crippen molar-refractivity contribution in [2.24, 2.45) is 4.99 Å². The first kappa shape index (κ1) is 64.3. The van der Waals surface area contributed by atoms with E-state index in [9.17, 15) is 0 Å². The van der Waals surface area contributed by atoms with Crippen LogP contribution in [0.2, 0.25) is 0 Å². The Morgan fingerprint density at radius 1 is 0.280 bits per heavy atom. The third-order valence-electron chi connectivity index (χ3n) is 20.2. The van der Waals surface area contributed by atoms with Crippen molar-refractivity contribution in [3.63, 3.8) is 0 Å². The Balaban J connectivity index is 0.618. The Bertz CT molecular complexity index is 6520. The predicted octanol–water partition coefficient (Wildman–Crippen LogP) is 26.3. The van der Waals surface area contributed by atoms with Crippen LogP contribution in [0.25, 0.3) is 170 Å². The lowest BCUT2D eigenvalue weighted by molar-refractivity contribution is 1.18. The molecule has 5 aromatic heterocycles. The second-order valence-electron chi connectivity index (χ2n) is 26.9. The summed E-state index contributed by atoms with van der Waals surface area (Å²) in [7, 11) is 0. The number of hydrogen-bond acceptors (Lipinski definition) is 8. The van der Waals surface area contributed by atoms with Crippen molar-refractivity contribution in [1.82, 2.24) is 24.9 Å². The number of aromatic nitrogens is 5. The number of rotatable bonds is 13. The lowest BCUT2D eigenvalue weighted by Gasteiger charge is -2.13. The summed E-state index contributed by atoms with van der Waals surface area (Å²) in [6, 6.07) is 122. The minimum Gasteiger partial charge on any atom is -0.248 e. The first-order chi connectivity index (χ1) is 52.9. The van der Waals surface area contributed by atoms with Crippen molar-refractivity contribution in [1.29, 1.82) is 0 Å². The highest BCUT2D eigenvalue weighted by Crippen LogP contribution is 2.45. The zero-order valence-electron chi connectivity index (χ0n) is 58.1. The van der Waals surface area contributed by atoms with Crippen molar-refractivity contribution in [3.8, 4) is 124 Å². The van der Waals surface area contributed by atoms with Crippen molar-refractivity contribution >= 4 is 75.1 Å². The minimum absolute atomic E-state index is 0.646. The average molecular weight is 1400 g/mol.